The van der Waals surface area contributed by atoms with Gasteiger partial charge in [-0.05, 0) is 6.92 Å². The molecule has 2 aromatic heterocycles. The summed E-state index contributed by atoms with van der Waals surface area (Å²) in [6.45, 7) is 1.80. The molecule has 0 amide bonds. The van der Waals surface area contributed by atoms with Crippen molar-refractivity contribution in [1.82, 2.24) is 10.1 Å². The van der Waals surface area contributed by atoms with E-state index in [2.05, 4.69) is 10.1 Å². The first-order valence-corrected chi connectivity index (χ1v) is 4.66. The molecule has 0 radical (unpaired) electrons. The van der Waals surface area contributed by atoms with Gasteiger partial charge < -0.3 is 9.63 Å². The van der Waals surface area contributed by atoms with Gasteiger partial charge in [-0.15, -0.1) is 11.3 Å². The van der Waals surface area contributed by atoms with E-state index in [1.807, 2.05) is 13.0 Å². The number of rotatable bonds is 2. The third-order valence-electron chi connectivity index (χ3n) is 1.56. The number of hydrogen-bond donors (Lipinski definition) is 1. The molecule has 0 aliphatic carbocycles. The number of hydrogen-bond acceptors (Lipinski definition) is 5. The normalized spacial score (nSPS) is 10.6. The molecular formula is C8H8N2O2S. The monoisotopic (exact) mass is 196 g/mol. The summed E-state index contributed by atoms with van der Waals surface area (Å²) < 4.78 is 4.92. The number of thiazole rings is 1. The third kappa shape index (κ3) is 1.61. The minimum absolute atomic E-state index is 0.0344. The second-order valence-corrected chi connectivity index (χ2v) is 3.48. The van der Waals surface area contributed by atoms with Crippen molar-refractivity contribution < 1.29 is 9.63 Å². The van der Waals surface area contributed by atoms with E-state index in [-0.39, 0.29) is 6.61 Å². The average Bonchev–Trinajstić information content (AvgIpc) is 2.71. The zero-order valence-electron chi connectivity index (χ0n) is 7.02. The number of nitrogens with zero attached hydrogens (tertiary/aromatic N) is 2. The molecule has 0 unspecified atom stereocenters. The van der Waals surface area contributed by atoms with Gasteiger partial charge in [-0.25, -0.2) is 4.98 Å². The van der Waals surface area contributed by atoms with E-state index in [4.69, 9.17) is 9.63 Å². The Kier molecular flexibility index (Phi) is 2.12. The summed E-state index contributed by atoms with van der Waals surface area (Å²) in [4.78, 5) is 4.16. The Morgan fingerprint density at radius 3 is 3.00 bits per heavy atom. The van der Waals surface area contributed by atoms with Crippen molar-refractivity contribution in [2.24, 2.45) is 0 Å². The van der Waals surface area contributed by atoms with E-state index in [1.165, 1.54) is 11.3 Å². The van der Waals surface area contributed by atoms with Gasteiger partial charge in [-0.1, -0.05) is 5.16 Å². The van der Waals surface area contributed by atoms with Crippen LogP contribution in [0.5, 0.6) is 0 Å². The van der Waals surface area contributed by atoms with Gasteiger partial charge in [-0.3, -0.25) is 0 Å². The maximum absolute atomic E-state index is 8.80. The lowest BCUT2D eigenvalue weighted by Crippen LogP contribution is -1.82. The molecule has 0 aromatic carbocycles. The molecule has 68 valence electrons. The zero-order chi connectivity index (χ0) is 9.26. The molecule has 0 atom stereocenters. The van der Waals surface area contributed by atoms with Crippen LogP contribution in [-0.2, 0) is 6.61 Å². The van der Waals surface area contributed by atoms with Gasteiger partial charge >= 0.3 is 0 Å². The topological polar surface area (TPSA) is 59.2 Å². The molecule has 2 aromatic rings. The molecule has 0 aliphatic rings. The highest BCUT2D eigenvalue weighted by atomic mass is 32.1. The molecule has 2 heterocycles. The molecule has 2 rings (SSSR count). The van der Waals surface area contributed by atoms with Crippen LogP contribution in [0.3, 0.4) is 0 Å². The number of aromatic nitrogens is 2. The fourth-order valence-electron chi connectivity index (χ4n) is 0.964. The SMILES string of the molecule is Cc1cc(-c2nc(CO)cs2)no1. The maximum Gasteiger partial charge on any atom is 0.145 e. The van der Waals surface area contributed by atoms with Gasteiger partial charge in [-0.2, -0.15) is 0 Å². The maximum atomic E-state index is 8.80. The number of aliphatic hydroxyl groups is 1. The fourth-order valence-corrected chi connectivity index (χ4v) is 1.73. The van der Waals surface area contributed by atoms with E-state index in [0.717, 1.165) is 16.5 Å². The molecule has 0 spiro atoms. The van der Waals surface area contributed by atoms with E-state index < -0.39 is 0 Å². The highest BCUT2D eigenvalue weighted by Gasteiger charge is 2.07. The van der Waals surface area contributed by atoms with Crippen molar-refractivity contribution in [2.75, 3.05) is 0 Å². The lowest BCUT2D eigenvalue weighted by Gasteiger charge is -1.84. The second kappa shape index (κ2) is 3.27. The third-order valence-corrected chi connectivity index (χ3v) is 2.47. The van der Waals surface area contributed by atoms with Gasteiger partial charge in [0.15, 0.2) is 0 Å². The van der Waals surface area contributed by atoms with Crippen LogP contribution < -0.4 is 0 Å². The first-order valence-electron chi connectivity index (χ1n) is 3.78. The summed E-state index contributed by atoms with van der Waals surface area (Å²) in [5.74, 6) is 0.760. The van der Waals surface area contributed by atoms with Crippen LogP contribution in [0.15, 0.2) is 16.0 Å². The summed E-state index contributed by atoms with van der Waals surface area (Å²) in [5.41, 5.74) is 1.39. The van der Waals surface area contributed by atoms with Gasteiger partial charge in [0, 0.05) is 11.4 Å². The average molecular weight is 196 g/mol. The van der Waals surface area contributed by atoms with Crippen molar-refractivity contribution in [3.63, 3.8) is 0 Å². The second-order valence-electron chi connectivity index (χ2n) is 2.62. The van der Waals surface area contributed by atoms with Crippen LogP contribution in [0, 0.1) is 6.92 Å². The summed E-state index contributed by atoms with van der Waals surface area (Å²) in [5, 5.41) is 15.2. The largest absolute Gasteiger partial charge is 0.390 e. The Hall–Kier alpha value is -1.20. The molecule has 13 heavy (non-hydrogen) atoms. The molecule has 0 saturated heterocycles. The predicted molar refractivity (Wildman–Crippen MR) is 48.3 cm³/mol. The molecule has 5 heteroatoms. The van der Waals surface area contributed by atoms with E-state index >= 15 is 0 Å². The summed E-state index contributed by atoms with van der Waals surface area (Å²) in [6.07, 6.45) is 0. The Balaban J connectivity index is 2.35. The fraction of sp³-hybridized carbons (Fsp3) is 0.250. The molecule has 4 nitrogen and oxygen atoms in total. The van der Waals surface area contributed by atoms with Crippen LogP contribution in [-0.4, -0.2) is 15.2 Å². The van der Waals surface area contributed by atoms with Crippen LogP contribution in [0.25, 0.3) is 10.7 Å². The molecule has 0 bridgehead atoms. The van der Waals surface area contributed by atoms with Crippen LogP contribution in [0.4, 0.5) is 0 Å². The van der Waals surface area contributed by atoms with Crippen molar-refractivity contribution in [2.45, 2.75) is 13.5 Å². The Morgan fingerprint density at radius 1 is 1.62 bits per heavy atom. The molecular weight excluding hydrogens is 188 g/mol. The molecule has 1 N–H and O–H groups in total. The Morgan fingerprint density at radius 2 is 2.46 bits per heavy atom. The molecule has 0 aliphatic heterocycles. The summed E-state index contributed by atoms with van der Waals surface area (Å²) >= 11 is 1.45. The quantitative estimate of drug-likeness (QED) is 0.792. The molecule has 0 fully saturated rings. The van der Waals surface area contributed by atoms with E-state index in [0.29, 0.717) is 5.69 Å². The predicted octanol–water partition coefficient (Wildman–Crippen LogP) is 1.60. The Labute approximate surface area is 78.8 Å². The minimum atomic E-state index is -0.0344. The smallest absolute Gasteiger partial charge is 0.145 e. The van der Waals surface area contributed by atoms with Gasteiger partial charge in [0.25, 0.3) is 0 Å². The van der Waals surface area contributed by atoms with Crippen LogP contribution in [0.1, 0.15) is 11.5 Å². The highest BCUT2D eigenvalue weighted by molar-refractivity contribution is 7.13. The van der Waals surface area contributed by atoms with Gasteiger partial charge in [0.05, 0.1) is 12.3 Å². The zero-order valence-corrected chi connectivity index (χ0v) is 7.84. The van der Waals surface area contributed by atoms with Crippen LogP contribution in [0.2, 0.25) is 0 Å². The van der Waals surface area contributed by atoms with Crippen molar-refractivity contribution in [3.05, 3.63) is 22.9 Å². The first kappa shape index (κ1) is 8.40. The van der Waals surface area contributed by atoms with Gasteiger partial charge in [0.2, 0.25) is 0 Å². The summed E-state index contributed by atoms with van der Waals surface area (Å²) in [6, 6.07) is 1.82. The minimum Gasteiger partial charge on any atom is -0.390 e. The highest BCUT2D eigenvalue weighted by Crippen LogP contribution is 2.22. The van der Waals surface area contributed by atoms with Crippen molar-refractivity contribution >= 4 is 11.3 Å². The number of aliphatic hydroxyl groups excluding tert-OH is 1. The van der Waals surface area contributed by atoms with Crippen molar-refractivity contribution in [3.8, 4) is 10.7 Å². The Bertz CT molecular complexity index is 408. The van der Waals surface area contributed by atoms with E-state index in [9.17, 15) is 0 Å². The van der Waals surface area contributed by atoms with Crippen LogP contribution >= 0.6 is 11.3 Å². The summed E-state index contributed by atoms with van der Waals surface area (Å²) in [7, 11) is 0. The standard InChI is InChI=1S/C8H8N2O2S/c1-5-2-7(10-12-5)8-9-6(3-11)4-13-8/h2,4,11H,3H2,1H3. The molecule has 0 saturated carbocycles. The van der Waals surface area contributed by atoms with E-state index in [1.54, 1.807) is 5.38 Å². The first-order chi connectivity index (χ1) is 6.29. The number of aryl methyl sites for hydroxylation is 1. The van der Waals surface area contributed by atoms with Gasteiger partial charge in [0.1, 0.15) is 16.5 Å². The van der Waals surface area contributed by atoms with Crippen molar-refractivity contribution in [1.29, 1.82) is 0 Å². The lowest BCUT2D eigenvalue weighted by molar-refractivity contribution is 0.278. The lowest BCUT2D eigenvalue weighted by atomic mass is 10.4.